The first kappa shape index (κ1) is 8.91. The number of nitrogens with zero attached hydrogens (tertiary/aromatic N) is 1. The lowest BCUT2D eigenvalue weighted by Crippen LogP contribution is -2.03. The fourth-order valence-electron chi connectivity index (χ4n) is 1.78. The number of rotatable bonds is 1. The fourth-order valence-corrected chi connectivity index (χ4v) is 1.78. The number of aromatic amines is 1. The maximum Gasteiger partial charge on any atom is 0.256 e. The predicted molar refractivity (Wildman–Crippen MR) is 61.5 cm³/mol. The van der Waals surface area contributed by atoms with E-state index in [1.807, 2.05) is 24.3 Å². The van der Waals surface area contributed by atoms with Gasteiger partial charge < -0.3 is 10.3 Å². The number of fused-ring (bicyclic) bond motifs is 1. The van der Waals surface area contributed by atoms with Crippen molar-refractivity contribution < 1.29 is 4.79 Å². The number of imidazole rings is 1. The van der Waals surface area contributed by atoms with Gasteiger partial charge in [-0.1, -0.05) is 18.2 Å². The minimum atomic E-state index is -0.0856. The summed E-state index contributed by atoms with van der Waals surface area (Å²) in [7, 11) is 0. The maximum atomic E-state index is 11.7. The van der Waals surface area contributed by atoms with Crippen LogP contribution >= 0.6 is 0 Å². The molecule has 2 N–H and O–H groups in total. The second-order valence-corrected chi connectivity index (χ2v) is 3.53. The van der Waals surface area contributed by atoms with E-state index >= 15 is 0 Å². The summed E-state index contributed by atoms with van der Waals surface area (Å²) in [5.74, 6) is 0.597. The van der Waals surface area contributed by atoms with Crippen molar-refractivity contribution in [3.05, 3.63) is 48.0 Å². The van der Waals surface area contributed by atoms with Crippen LogP contribution in [0.5, 0.6) is 0 Å². The molecule has 4 heteroatoms. The average Bonchev–Trinajstić information content (AvgIpc) is 2.89. The molecule has 0 saturated heterocycles. The summed E-state index contributed by atoms with van der Waals surface area (Å²) in [6.07, 6.45) is 5.14. The highest BCUT2D eigenvalue weighted by Gasteiger charge is 2.23. The van der Waals surface area contributed by atoms with E-state index in [0.717, 1.165) is 11.3 Å². The van der Waals surface area contributed by atoms with Crippen LogP contribution in [0, 0.1) is 0 Å². The molecule has 78 valence electrons. The zero-order valence-corrected chi connectivity index (χ0v) is 8.40. The van der Waals surface area contributed by atoms with E-state index in [1.54, 1.807) is 18.5 Å². The van der Waals surface area contributed by atoms with Gasteiger partial charge in [0.05, 0.1) is 5.57 Å². The molecule has 4 nitrogen and oxygen atoms in total. The van der Waals surface area contributed by atoms with Gasteiger partial charge in [-0.2, -0.15) is 0 Å². The van der Waals surface area contributed by atoms with Gasteiger partial charge in [-0.15, -0.1) is 0 Å². The van der Waals surface area contributed by atoms with Gasteiger partial charge in [0.2, 0.25) is 0 Å². The summed E-state index contributed by atoms with van der Waals surface area (Å²) in [5, 5.41) is 2.81. The number of aromatic nitrogens is 2. The molecule has 0 bridgehead atoms. The molecule has 1 aliphatic heterocycles. The lowest BCUT2D eigenvalue weighted by Gasteiger charge is -1.95. The molecule has 0 spiro atoms. The minimum Gasteiger partial charge on any atom is -0.345 e. The number of hydrogen-bond donors (Lipinski definition) is 2. The lowest BCUT2D eigenvalue weighted by atomic mass is 10.1. The van der Waals surface area contributed by atoms with Crippen LogP contribution in [0.2, 0.25) is 0 Å². The van der Waals surface area contributed by atoms with E-state index in [4.69, 9.17) is 0 Å². The number of H-pyrrole nitrogens is 1. The highest BCUT2D eigenvalue weighted by atomic mass is 16.2. The highest BCUT2D eigenvalue weighted by Crippen LogP contribution is 2.31. The van der Waals surface area contributed by atoms with E-state index < -0.39 is 0 Å². The molecular formula is C12H9N3O. The van der Waals surface area contributed by atoms with Crippen molar-refractivity contribution in [2.45, 2.75) is 0 Å². The fraction of sp³-hybridized carbons (Fsp3) is 0. The van der Waals surface area contributed by atoms with Crippen LogP contribution in [-0.2, 0) is 4.79 Å². The molecule has 0 fully saturated rings. The Labute approximate surface area is 92.0 Å². The summed E-state index contributed by atoms with van der Waals surface area (Å²) in [4.78, 5) is 18.8. The van der Waals surface area contributed by atoms with Crippen molar-refractivity contribution in [2.75, 3.05) is 5.32 Å². The Morgan fingerprint density at radius 2 is 2.12 bits per heavy atom. The Kier molecular flexibility index (Phi) is 1.86. The summed E-state index contributed by atoms with van der Waals surface area (Å²) < 4.78 is 0. The first-order chi connectivity index (χ1) is 7.84. The van der Waals surface area contributed by atoms with Crippen molar-refractivity contribution in [1.29, 1.82) is 0 Å². The smallest absolute Gasteiger partial charge is 0.256 e. The van der Waals surface area contributed by atoms with Crippen molar-refractivity contribution in [3.63, 3.8) is 0 Å². The number of anilines is 1. The van der Waals surface area contributed by atoms with E-state index in [1.165, 1.54) is 0 Å². The molecule has 0 radical (unpaired) electrons. The van der Waals surface area contributed by atoms with E-state index in [0.29, 0.717) is 11.4 Å². The van der Waals surface area contributed by atoms with Crippen LogP contribution in [0.25, 0.3) is 11.6 Å². The molecule has 0 saturated carbocycles. The normalized spacial score (nSPS) is 16.2. The van der Waals surface area contributed by atoms with Crippen molar-refractivity contribution in [3.8, 4) is 0 Å². The largest absolute Gasteiger partial charge is 0.345 e. The highest BCUT2D eigenvalue weighted by molar-refractivity contribution is 6.34. The minimum absolute atomic E-state index is 0.0856. The Balaban J connectivity index is 2.12. The molecule has 0 unspecified atom stereocenters. The molecule has 16 heavy (non-hydrogen) atoms. The zero-order chi connectivity index (χ0) is 11.0. The third kappa shape index (κ3) is 1.32. The van der Waals surface area contributed by atoms with Gasteiger partial charge in [0, 0.05) is 23.6 Å². The van der Waals surface area contributed by atoms with Crippen LogP contribution in [0.4, 0.5) is 5.69 Å². The van der Waals surface area contributed by atoms with Gasteiger partial charge in [0.1, 0.15) is 5.82 Å². The SMILES string of the molecule is O=C1Nc2ccccc2C1=Cc1ncc[nH]1. The number of hydrogen-bond acceptors (Lipinski definition) is 2. The van der Waals surface area contributed by atoms with Crippen LogP contribution in [0.15, 0.2) is 36.7 Å². The maximum absolute atomic E-state index is 11.7. The van der Waals surface area contributed by atoms with Gasteiger partial charge in [0.15, 0.2) is 0 Å². The predicted octanol–water partition coefficient (Wildman–Crippen LogP) is 1.90. The number of para-hydroxylation sites is 1. The number of nitrogens with one attached hydrogen (secondary N) is 2. The Morgan fingerprint density at radius 1 is 1.25 bits per heavy atom. The van der Waals surface area contributed by atoms with E-state index in [-0.39, 0.29) is 5.91 Å². The summed E-state index contributed by atoms with van der Waals surface area (Å²) in [6, 6.07) is 7.61. The summed E-state index contributed by atoms with van der Waals surface area (Å²) in [6.45, 7) is 0. The van der Waals surface area contributed by atoms with Gasteiger partial charge in [-0.3, -0.25) is 4.79 Å². The zero-order valence-electron chi connectivity index (χ0n) is 8.40. The van der Waals surface area contributed by atoms with Gasteiger partial charge in [-0.25, -0.2) is 4.98 Å². The van der Waals surface area contributed by atoms with Gasteiger partial charge in [-0.05, 0) is 12.1 Å². The standard InChI is InChI=1S/C12H9N3O/c16-12-9(7-11-13-5-6-14-11)8-3-1-2-4-10(8)15-12/h1-7H,(H,13,14)(H,15,16). The number of carbonyl (C=O) groups excluding carboxylic acids is 1. The monoisotopic (exact) mass is 211 g/mol. The molecular weight excluding hydrogens is 202 g/mol. The number of carbonyl (C=O) groups is 1. The second kappa shape index (κ2) is 3.34. The molecule has 1 amide bonds. The molecule has 0 atom stereocenters. The molecule has 1 aromatic heterocycles. The Bertz CT molecular complexity index is 570. The number of benzene rings is 1. The second-order valence-electron chi connectivity index (χ2n) is 3.53. The third-order valence-electron chi connectivity index (χ3n) is 2.51. The first-order valence-electron chi connectivity index (χ1n) is 4.96. The van der Waals surface area contributed by atoms with Crippen LogP contribution in [0.3, 0.4) is 0 Å². The molecule has 3 rings (SSSR count). The molecule has 1 aromatic carbocycles. The molecule has 0 aliphatic carbocycles. The van der Waals surface area contributed by atoms with Crippen LogP contribution in [-0.4, -0.2) is 15.9 Å². The summed E-state index contributed by atoms with van der Waals surface area (Å²) >= 11 is 0. The Hall–Kier alpha value is -2.36. The number of amides is 1. The molecule has 2 heterocycles. The van der Waals surface area contributed by atoms with Gasteiger partial charge >= 0.3 is 0 Å². The van der Waals surface area contributed by atoms with Crippen LogP contribution in [0.1, 0.15) is 11.4 Å². The topological polar surface area (TPSA) is 57.8 Å². The third-order valence-corrected chi connectivity index (χ3v) is 2.51. The lowest BCUT2D eigenvalue weighted by molar-refractivity contribution is -0.110. The average molecular weight is 211 g/mol. The Morgan fingerprint density at radius 3 is 2.94 bits per heavy atom. The van der Waals surface area contributed by atoms with Crippen molar-refractivity contribution >= 4 is 23.2 Å². The van der Waals surface area contributed by atoms with Crippen molar-refractivity contribution in [1.82, 2.24) is 9.97 Å². The van der Waals surface area contributed by atoms with E-state index in [9.17, 15) is 4.79 Å². The van der Waals surface area contributed by atoms with Crippen LogP contribution < -0.4 is 5.32 Å². The molecule has 2 aromatic rings. The quantitative estimate of drug-likeness (QED) is 0.708. The van der Waals surface area contributed by atoms with Crippen molar-refractivity contribution in [2.24, 2.45) is 0 Å². The molecule has 1 aliphatic rings. The first-order valence-corrected chi connectivity index (χ1v) is 4.96. The summed E-state index contributed by atoms with van der Waals surface area (Å²) in [5.41, 5.74) is 2.42. The van der Waals surface area contributed by atoms with E-state index in [2.05, 4.69) is 15.3 Å². The van der Waals surface area contributed by atoms with Gasteiger partial charge in [0.25, 0.3) is 5.91 Å².